The SMILES string of the molecule is Cc1cc(S(=O)(=O)NC2CCCC(C)CC2)sc1CN. The summed E-state index contributed by atoms with van der Waals surface area (Å²) in [6.07, 6.45) is 5.29. The molecule has 4 nitrogen and oxygen atoms in total. The molecular weight excluding hydrogens is 292 g/mol. The van der Waals surface area contributed by atoms with E-state index >= 15 is 0 Å². The van der Waals surface area contributed by atoms with Crippen molar-refractivity contribution in [1.29, 1.82) is 0 Å². The Morgan fingerprint density at radius 2 is 2.10 bits per heavy atom. The van der Waals surface area contributed by atoms with Crippen molar-refractivity contribution < 1.29 is 8.42 Å². The van der Waals surface area contributed by atoms with E-state index in [1.54, 1.807) is 6.07 Å². The second-order valence-electron chi connectivity index (χ2n) is 5.81. The molecule has 1 aliphatic carbocycles. The molecule has 0 spiro atoms. The monoisotopic (exact) mass is 316 g/mol. The van der Waals surface area contributed by atoms with Crippen molar-refractivity contribution in [3.8, 4) is 0 Å². The molecule has 1 saturated carbocycles. The van der Waals surface area contributed by atoms with Gasteiger partial charge in [-0.3, -0.25) is 0 Å². The van der Waals surface area contributed by atoms with Crippen LogP contribution in [0.5, 0.6) is 0 Å². The first kappa shape index (κ1) is 15.9. The van der Waals surface area contributed by atoms with Crippen LogP contribution < -0.4 is 10.5 Å². The molecule has 0 amide bonds. The molecule has 114 valence electrons. The summed E-state index contributed by atoms with van der Waals surface area (Å²) in [4.78, 5) is 0.944. The van der Waals surface area contributed by atoms with Crippen molar-refractivity contribution >= 4 is 21.4 Å². The first-order valence-corrected chi connectivity index (χ1v) is 9.54. The maximum atomic E-state index is 12.4. The third-order valence-corrected chi connectivity index (χ3v) is 7.28. The molecule has 20 heavy (non-hydrogen) atoms. The second kappa shape index (κ2) is 6.56. The topological polar surface area (TPSA) is 72.2 Å². The summed E-state index contributed by atoms with van der Waals surface area (Å²) >= 11 is 1.29. The van der Waals surface area contributed by atoms with Crippen molar-refractivity contribution in [3.63, 3.8) is 0 Å². The fourth-order valence-corrected chi connectivity index (χ4v) is 5.50. The fourth-order valence-electron chi connectivity index (χ4n) is 2.71. The number of hydrogen-bond acceptors (Lipinski definition) is 4. The summed E-state index contributed by atoms with van der Waals surface area (Å²) in [5, 5.41) is 0. The molecule has 2 rings (SSSR count). The second-order valence-corrected chi connectivity index (χ2v) is 8.88. The van der Waals surface area contributed by atoms with Crippen molar-refractivity contribution in [3.05, 3.63) is 16.5 Å². The normalized spacial score (nSPS) is 24.6. The van der Waals surface area contributed by atoms with Gasteiger partial charge >= 0.3 is 0 Å². The van der Waals surface area contributed by atoms with Gasteiger partial charge in [-0.1, -0.05) is 19.8 Å². The first-order chi connectivity index (χ1) is 9.42. The van der Waals surface area contributed by atoms with Crippen LogP contribution in [0.25, 0.3) is 0 Å². The molecular formula is C14H24N2O2S2. The van der Waals surface area contributed by atoms with Gasteiger partial charge in [-0.25, -0.2) is 13.1 Å². The lowest BCUT2D eigenvalue weighted by atomic mass is 10.0. The quantitative estimate of drug-likeness (QED) is 0.839. The number of hydrogen-bond donors (Lipinski definition) is 2. The van der Waals surface area contributed by atoms with E-state index in [2.05, 4.69) is 11.6 Å². The summed E-state index contributed by atoms with van der Waals surface area (Å²) in [6.45, 7) is 4.55. The van der Waals surface area contributed by atoms with Crippen LogP contribution in [0.3, 0.4) is 0 Å². The van der Waals surface area contributed by atoms with Crippen LogP contribution in [-0.4, -0.2) is 14.5 Å². The van der Waals surface area contributed by atoms with Gasteiger partial charge in [0.25, 0.3) is 0 Å². The zero-order valence-electron chi connectivity index (χ0n) is 12.2. The first-order valence-electron chi connectivity index (χ1n) is 7.24. The van der Waals surface area contributed by atoms with Crippen LogP contribution in [-0.2, 0) is 16.6 Å². The molecule has 6 heteroatoms. The third kappa shape index (κ3) is 3.81. The van der Waals surface area contributed by atoms with Crippen molar-refractivity contribution in [2.75, 3.05) is 0 Å². The Labute approximate surface area is 125 Å². The molecule has 0 radical (unpaired) electrons. The Hall–Kier alpha value is -0.430. The highest BCUT2D eigenvalue weighted by Gasteiger charge is 2.24. The highest BCUT2D eigenvalue weighted by molar-refractivity contribution is 7.91. The number of aryl methyl sites for hydroxylation is 1. The predicted molar refractivity (Wildman–Crippen MR) is 83.3 cm³/mol. The summed E-state index contributed by atoms with van der Waals surface area (Å²) < 4.78 is 28.1. The van der Waals surface area contributed by atoms with Crippen LogP contribution in [0, 0.1) is 12.8 Å². The summed E-state index contributed by atoms with van der Waals surface area (Å²) in [6, 6.07) is 1.81. The van der Waals surface area contributed by atoms with E-state index in [1.165, 1.54) is 17.8 Å². The Balaban J connectivity index is 2.10. The molecule has 1 fully saturated rings. The molecule has 0 aliphatic heterocycles. The summed E-state index contributed by atoms with van der Waals surface area (Å²) in [7, 11) is -3.39. The maximum absolute atomic E-state index is 12.4. The van der Waals surface area contributed by atoms with Gasteiger partial charge in [0, 0.05) is 17.5 Å². The average Bonchev–Trinajstić information content (AvgIpc) is 2.66. The summed E-state index contributed by atoms with van der Waals surface area (Å²) in [5.41, 5.74) is 6.59. The Kier molecular flexibility index (Phi) is 5.23. The average molecular weight is 316 g/mol. The molecule has 1 heterocycles. The van der Waals surface area contributed by atoms with E-state index in [4.69, 9.17) is 5.73 Å². The van der Waals surface area contributed by atoms with Gasteiger partial charge in [-0.2, -0.15) is 0 Å². The fraction of sp³-hybridized carbons (Fsp3) is 0.714. The standard InChI is InChI=1S/C14H24N2O2S2/c1-10-4-3-5-12(7-6-10)16-20(17,18)14-8-11(2)13(9-15)19-14/h8,10,12,16H,3-7,9,15H2,1-2H3. The Morgan fingerprint density at radius 3 is 2.75 bits per heavy atom. The minimum absolute atomic E-state index is 0.0775. The highest BCUT2D eigenvalue weighted by Crippen LogP contribution is 2.28. The zero-order valence-corrected chi connectivity index (χ0v) is 13.8. The number of rotatable bonds is 4. The van der Waals surface area contributed by atoms with Crippen LogP contribution in [0.15, 0.2) is 10.3 Å². The minimum atomic E-state index is -3.39. The van der Waals surface area contributed by atoms with Gasteiger partial charge in [0.15, 0.2) is 0 Å². The molecule has 0 saturated heterocycles. The molecule has 3 N–H and O–H groups in total. The van der Waals surface area contributed by atoms with Gasteiger partial charge in [0.05, 0.1) is 0 Å². The molecule has 2 atom stereocenters. The predicted octanol–water partition coefficient (Wildman–Crippen LogP) is 2.76. The molecule has 2 unspecified atom stereocenters. The number of thiophene rings is 1. The molecule has 1 aromatic heterocycles. The van der Waals surface area contributed by atoms with Crippen LogP contribution in [0.2, 0.25) is 0 Å². The lowest BCUT2D eigenvalue weighted by molar-refractivity contribution is 0.485. The van der Waals surface area contributed by atoms with E-state index in [1.807, 2.05) is 6.92 Å². The van der Waals surface area contributed by atoms with Gasteiger partial charge in [0.1, 0.15) is 4.21 Å². The molecule has 0 bridgehead atoms. The lowest BCUT2D eigenvalue weighted by Gasteiger charge is -2.15. The number of sulfonamides is 1. The lowest BCUT2D eigenvalue weighted by Crippen LogP contribution is -2.34. The zero-order chi connectivity index (χ0) is 14.8. The third-order valence-electron chi connectivity index (χ3n) is 4.03. The van der Waals surface area contributed by atoms with Crippen LogP contribution in [0.1, 0.15) is 49.5 Å². The Morgan fingerprint density at radius 1 is 1.35 bits per heavy atom. The largest absolute Gasteiger partial charge is 0.326 e. The van der Waals surface area contributed by atoms with Gasteiger partial charge in [-0.15, -0.1) is 11.3 Å². The highest BCUT2D eigenvalue weighted by atomic mass is 32.2. The van der Waals surface area contributed by atoms with Gasteiger partial charge < -0.3 is 5.73 Å². The van der Waals surface area contributed by atoms with E-state index in [9.17, 15) is 8.42 Å². The van der Waals surface area contributed by atoms with E-state index < -0.39 is 10.0 Å². The van der Waals surface area contributed by atoms with Gasteiger partial charge in [-0.05, 0) is 43.7 Å². The number of nitrogens with two attached hydrogens (primary N) is 1. The van der Waals surface area contributed by atoms with Crippen LogP contribution in [0.4, 0.5) is 0 Å². The maximum Gasteiger partial charge on any atom is 0.250 e. The van der Waals surface area contributed by atoms with E-state index in [0.717, 1.165) is 36.1 Å². The molecule has 1 aromatic rings. The van der Waals surface area contributed by atoms with Crippen LogP contribution >= 0.6 is 11.3 Å². The van der Waals surface area contributed by atoms with Crippen molar-refractivity contribution in [1.82, 2.24) is 4.72 Å². The van der Waals surface area contributed by atoms with Crippen molar-refractivity contribution in [2.24, 2.45) is 11.7 Å². The number of nitrogens with one attached hydrogen (secondary N) is 1. The smallest absolute Gasteiger partial charge is 0.250 e. The van der Waals surface area contributed by atoms with Crippen molar-refractivity contribution in [2.45, 2.75) is 62.7 Å². The molecule has 1 aliphatic rings. The molecule has 0 aromatic carbocycles. The minimum Gasteiger partial charge on any atom is -0.326 e. The van der Waals surface area contributed by atoms with E-state index in [-0.39, 0.29) is 6.04 Å². The summed E-state index contributed by atoms with van der Waals surface area (Å²) in [5.74, 6) is 0.706. The van der Waals surface area contributed by atoms with Gasteiger partial charge in [0.2, 0.25) is 10.0 Å². The van der Waals surface area contributed by atoms with E-state index in [0.29, 0.717) is 16.7 Å². The Bertz CT molecular complexity index is 552.